The molecule has 30 atom stereocenters. The normalized spacial score (nSPS) is 49.8. The van der Waals surface area contributed by atoms with Crippen molar-refractivity contribution in [2.75, 3.05) is 39.6 Å². The number of hydrogen-bond donors (Lipinski definition) is 20. The number of aliphatic hydroxyl groups excluding tert-OH is 18. The van der Waals surface area contributed by atoms with E-state index in [9.17, 15) is 102 Å². The molecule has 6 rings (SSSR count). The summed E-state index contributed by atoms with van der Waals surface area (Å²) in [6.07, 6.45) is -52.3. The molecule has 6 heterocycles. The Morgan fingerprint density at radius 2 is 0.589 bits per heavy atom. The molecular formula is C40H68N2O31. The predicted octanol–water partition coefficient (Wildman–Crippen LogP) is -13.8. The average molecular weight is 1070 g/mol. The van der Waals surface area contributed by atoms with Crippen molar-refractivity contribution in [3.63, 3.8) is 0 Å². The Morgan fingerprint density at radius 1 is 0.329 bits per heavy atom. The van der Waals surface area contributed by atoms with Gasteiger partial charge in [-0.05, 0) is 0 Å². The lowest BCUT2D eigenvalue weighted by molar-refractivity contribution is -0.393. The summed E-state index contributed by atoms with van der Waals surface area (Å²) in [6, 6.07) is -3.16. The molecule has 6 aliphatic heterocycles. The van der Waals surface area contributed by atoms with Crippen molar-refractivity contribution in [3.8, 4) is 0 Å². The zero-order valence-corrected chi connectivity index (χ0v) is 38.9. The molecule has 33 nitrogen and oxygen atoms in total. The molecule has 33 heteroatoms. The van der Waals surface area contributed by atoms with Crippen molar-refractivity contribution in [1.29, 1.82) is 0 Å². The molecule has 0 aromatic carbocycles. The lowest BCUT2D eigenvalue weighted by Gasteiger charge is -2.50. The number of carbonyl (C=O) groups is 2. The second kappa shape index (κ2) is 26.0. The standard InChI is InChI=1S/C40H68N2O31/c1-9(49)41-17-20(52)30(12(4-44)63-35(17)62)69-36-18(42-10(2)50)21(53)31(13(5-45)65-36)70-38-27(59)23(55)33(15(7-47)66-38)72-40-29(61)25(57)34(16(8-48)68-40)73-39-28(60)24(56)32(14(6-46)67-39)71-37-26(58)22(54)19(51)11(3-43)64-37/h11-40,43-48,51-62H,3-8H2,1-2H3,(H,41,49)(H,42,50)/t11-,12-,13-,14-,15-,16-,17-,18-,19-,20-,21-,22+,23-,24-,25-,26+,27+,28+,29+,30-,31-,32-,33-,34-,35-,36+,37+,38+,39+,40+/m1/s1. The number of ether oxygens (including phenoxy) is 11. The van der Waals surface area contributed by atoms with Gasteiger partial charge in [0.1, 0.15) is 146 Å². The number of rotatable bonds is 18. The molecule has 0 bridgehead atoms. The number of nitrogens with one attached hydrogen (secondary N) is 2. The van der Waals surface area contributed by atoms with E-state index in [1.54, 1.807) is 0 Å². The van der Waals surface area contributed by atoms with Gasteiger partial charge in [0.2, 0.25) is 11.8 Å². The Morgan fingerprint density at radius 3 is 0.932 bits per heavy atom. The van der Waals surface area contributed by atoms with E-state index in [2.05, 4.69) is 10.6 Å². The minimum Gasteiger partial charge on any atom is -0.394 e. The van der Waals surface area contributed by atoms with Gasteiger partial charge in [-0.15, -0.1) is 0 Å². The van der Waals surface area contributed by atoms with Crippen LogP contribution in [0.25, 0.3) is 0 Å². The fraction of sp³-hybridized carbons (Fsp3) is 0.950. The number of hydrogen-bond acceptors (Lipinski definition) is 31. The van der Waals surface area contributed by atoms with E-state index in [-0.39, 0.29) is 0 Å². The average Bonchev–Trinajstić information content (AvgIpc) is 3.36. The Labute approximate surface area is 413 Å². The molecule has 2 amide bonds. The van der Waals surface area contributed by atoms with Crippen LogP contribution in [0.2, 0.25) is 0 Å². The van der Waals surface area contributed by atoms with Gasteiger partial charge in [-0.1, -0.05) is 0 Å². The van der Waals surface area contributed by atoms with Crippen molar-refractivity contribution >= 4 is 11.8 Å². The molecule has 20 N–H and O–H groups in total. The molecular weight excluding hydrogens is 1000 g/mol. The van der Waals surface area contributed by atoms with E-state index in [1.807, 2.05) is 0 Å². The van der Waals surface area contributed by atoms with Crippen LogP contribution in [0.3, 0.4) is 0 Å². The Bertz CT molecular complexity index is 1740. The summed E-state index contributed by atoms with van der Waals surface area (Å²) < 4.78 is 61.9. The van der Waals surface area contributed by atoms with Crippen molar-refractivity contribution < 1.29 is 154 Å². The molecule has 0 spiro atoms. The van der Waals surface area contributed by atoms with Crippen molar-refractivity contribution in [2.45, 2.75) is 198 Å². The monoisotopic (exact) mass is 1070 g/mol. The van der Waals surface area contributed by atoms with Crippen LogP contribution in [0.15, 0.2) is 0 Å². The summed E-state index contributed by atoms with van der Waals surface area (Å²) in [5, 5.41) is 196. The van der Waals surface area contributed by atoms with Gasteiger partial charge in [0.05, 0.1) is 39.6 Å². The summed E-state index contributed by atoms with van der Waals surface area (Å²) >= 11 is 0. The molecule has 0 unspecified atom stereocenters. The first-order valence-corrected chi connectivity index (χ1v) is 23.1. The van der Waals surface area contributed by atoms with Crippen molar-refractivity contribution in [3.05, 3.63) is 0 Å². The number of amides is 2. The summed E-state index contributed by atoms with van der Waals surface area (Å²) in [5.41, 5.74) is 0. The minimum atomic E-state index is -2.19. The van der Waals surface area contributed by atoms with Crippen LogP contribution in [0, 0.1) is 0 Å². The first-order valence-electron chi connectivity index (χ1n) is 23.1. The first kappa shape index (κ1) is 60.0. The quantitative estimate of drug-likeness (QED) is 0.0606. The molecule has 6 aliphatic rings. The highest BCUT2D eigenvalue weighted by Gasteiger charge is 2.58. The topological polar surface area (TPSA) is 524 Å². The SMILES string of the molecule is CC(=O)N[C@@H]1[C@@H](O)[C@H](O[C@@H]2O[C@H](CO)[C@@H](O[C@@H]3O[C@H](CO)[C@@H](O[C@@H]4O[C@H](CO)[C@@H](O[C@@H]5O[C@H](CO)[C@@H](O[C@@H]6O[C@H](CO)[C@@H](O)[C@H](O)[C@@H]6O)[C@H](O)[C@@H]5O)[C@H](O)[C@@H]4O)[C@H](O)[C@@H]3O)[C@H](O)[C@H]2NC(C)=O)[C@@H](CO)O[C@H]1O. The van der Waals surface area contributed by atoms with E-state index in [0.29, 0.717) is 0 Å². The molecule has 0 aromatic heterocycles. The molecule has 0 saturated carbocycles. The van der Waals surface area contributed by atoms with Crippen LogP contribution in [-0.4, -0.2) is 327 Å². The maximum Gasteiger partial charge on any atom is 0.217 e. The highest BCUT2D eigenvalue weighted by molar-refractivity contribution is 5.73. The lowest BCUT2D eigenvalue weighted by atomic mass is 9.94. The smallest absolute Gasteiger partial charge is 0.217 e. The van der Waals surface area contributed by atoms with E-state index in [0.717, 1.165) is 13.8 Å². The van der Waals surface area contributed by atoms with E-state index in [4.69, 9.17) is 52.1 Å². The van der Waals surface area contributed by atoms with Gasteiger partial charge in [-0.25, -0.2) is 0 Å². The van der Waals surface area contributed by atoms with Gasteiger partial charge in [-0.2, -0.15) is 0 Å². The van der Waals surface area contributed by atoms with Crippen LogP contribution in [-0.2, 0) is 61.7 Å². The van der Waals surface area contributed by atoms with Gasteiger partial charge in [0.25, 0.3) is 0 Å². The molecule has 73 heavy (non-hydrogen) atoms. The maximum absolute atomic E-state index is 12.4. The summed E-state index contributed by atoms with van der Waals surface area (Å²) in [7, 11) is 0. The second-order valence-electron chi connectivity index (χ2n) is 18.2. The third kappa shape index (κ3) is 12.9. The van der Waals surface area contributed by atoms with E-state index >= 15 is 0 Å². The number of carbonyl (C=O) groups excluding carboxylic acids is 2. The Balaban J connectivity index is 1.10. The van der Waals surface area contributed by atoms with Crippen molar-refractivity contribution in [2.24, 2.45) is 0 Å². The fourth-order valence-electron chi connectivity index (χ4n) is 9.33. The minimum absolute atomic E-state index is 0.694. The number of aliphatic hydroxyl groups is 18. The van der Waals surface area contributed by atoms with Gasteiger partial charge >= 0.3 is 0 Å². The van der Waals surface area contributed by atoms with Gasteiger partial charge in [-0.3, -0.25) is 9.59 Å². The third-order valence-electron chi connectivity index (χ3n) is 13.2. The fourth-order valence-corrected chi connectivity index (χ4v) is 9.33. The van der Waals surface area contributed by atoms with E-state index in [1.165, 1.54) is 0 Å². The molecule has 6 fully saturated rings. The predicted molar refractivity (Wildman–Crippen MR) is 222 cm³/mol. The largest absolute Gasteiger partial charge is 0.394 e. The zero-order chi connectivity index (χ0) is 53.9. The summed E-state index contributed by atoms with van der Waals surface area (Å²) in [5.74, 6) is -1.48. The lowest BCUT2D eigenvalue weighted by Crippen LogP contribution is -2.70. The van der Waals surface area contributed by atoms with Gasteiger partial charge in [0.15, 0.2) is 37.7 Å². The second-order valence-corrected chi connectivity index (χ2v) is 18.2. The van der Waals surface area contributed by atoms with Crippen LogP contribution in [0.5, 0.6) is 0 Å². The molecule has 0 aromatic rings. The highest BCUT2D eigenvalue weighted by atomic mass is 16.8. The van der Waals surface area contributed by atoms with Crippen LogP contribution < -0.4 is 10.6 Å². The third-order valence-corrected chi connectivity index (χ3v) is 13.2. The molecule has 0 radical (unpaired) electrons. The van der Waals surface area contributed by atoms with Crippen LogP contribution in [0.4, 0.5) is 0 Å². The van der Waals surface area contributed by atoms with Crippen molar-refractivity contribution in [1.82, 2.24) is 10.6 Å². The summed E-state index contributed by atoms with van der Waals surface area (Å²) in [6.45, 7) is -3.60. The molecule has 424 valence electrons. The molecule has 6 saturated heterocycles. The highest BCUT2D eigenvalue weighted by Crippen LogP contribution is 2.37. The maximum atomic E-state index is 12.4. The van der Waals surface area contributed by atoms with Crippen LogP contribution >= 0.6 is 0 Å². The Kier molecular flexibility index (Phi) is 21.3. The van der Waals surface area contributed by atoms with E-state index < -0.39 is 236 Å². The Hall–Kier alpha value is -2.22. The molecule has 0 aliphatic carbocycles. The van der Waals surface area contributed by atoms with Gasteiger partial charge < -0.3 is 155 Å². The summed E-state index contributed by atoms with van der Waals surface area (Å²) in [4.78, 5) is 24.2. The van der Waals surface area contributed by atoms with Crippen LogP contribution in [0.1, 0.15) is 13.8 Å². The zero-order valence-electron chi connectivity index (χ0n) is 38.9. The van der Waals surface area contributed by atoms with Gasteiger partial charge in [0, 0.05) is 13.8 Å². The first-order chi connectivity index (χ1) is 34.5.